The number of hydrogen-bond acceptors (Lipinski definition) is 3. The van der Waals surface area contributed by atoms with Crippen LogP contribution in [0.25, 0.3) is 0 Å². The van der Waals surface area contributed by atoms with Gasteiger partial charge in [0.2, 0.25) is 0 Å². The number of benzene rings is 1. The standard InChI is InChI=1S/C13H13ClN2O3/c14-12-4-3-10(16(18)19)6-11(12)13(17)15-7-8-1-2-9(15)5-8/h3-4,6,8-9H,1-2,5,7H2. The number of amides is 1. The van der Waals surface area contributed by atoms with E-state index in [2.05, 4.69) is 0 Å². The van der Waals surface area contributed by atoms with Crippen molar-refractivity contribution >= 4 is 23.2 Å². The fourth-order valence-electron chi connectivity index (χ4n) is 3.12. The summed E-state index contributed by atoms with van der Waals surface area (Å²) in [7, 11) is 0. The Balaban J connectivity index is 1.91. The zero-order valence-electron chi connectivity index (χ0n) is 10.2. The first-order valence-corrected chi connectivity index (χ1v) is 6.69. The van der Waals surface area contributed by atoms with Crippen molar-refractivity contribution in [3.63, 3.8) is 0 Å². The molecule has 3 rings (SSSR count). The number of nitrogens with zero attached hydrogens (tertiary/aromatic N) is 2. The van der Waals surface area contributed by atoms with E-state index in [0.717, 1.165) is 19.4 Å². The summed E-state index contributed by atoms with van der Waals surface area (Å²) in [5, 5.41) is 11.0. The fraction of sp³-hybridized carbons (Fsp3) is 0.462. The molecule has 2 aliphatic rings. The maximum Gasteiger partial charge on any atom is 0.270 e. The molecule has 2 fully saturated rings. The van der Waals surface area contributed by atoms with E-state index in [1.54, 1.807) is 0 Å². The predicted molar refractivity (Wildman–Crippen MR) is 70.3 cm³/mol. The number of hydrogen-bond donors (Lipinski definition) is 0. The molecule has 2 unspecified atom stereocenters. The van der Waals surface area contributed by atoms with Crippen LogP contribution < -0.4 is 0 Å². The van der Waals surface area contributed by atoms with Gasteiger partial charge in [-0.2, -0.15) is 0 Å². The molecule has 100 valence electrons. The predicted octanol–water partition coefficient (Wildman–Crippen LogP) is 2.87. The minimum atomic E-state index is -0.511. The summed E-state index contributed by atoms with van der Waals surface area (Å²) >= 11 is 6.01. The largest absolute Gasteiger partial charge is 0.335 e. The van der Waals surface area contributed by atoms with Crippen LogP contribution in [0.3, 0.4) is 0 Å². The van der Waals surface area contributed by atoms with E-state index in [4.69, 9.17) is 11.6 Å². The molecule has 19 heavy (non-hydrogen) atoms. The van der Waals surface area contributed by atoms with E-state index in [-0.39, 0.29) is 28.2 Å². The van der Waals surface area contributed by atoms with Crippen LogP contribution in [0.2, 0.25) is 5.02 Å². The average molecular weight is 281 g/mol. The second-order valence-electron chi connectivity index (χ2n) is 5.21. The zero-order chi connectivity index (χ0) is 13.6. The number of rotatable bonds is 2. The fourth-order valence-corrected chi connectivity index (χ4v) is 3.32. The lowest BCUT2D eigenvalue weighted by atomic mass is 10.1. The number of fused-ring (bicyclic) bond motifs is 2. The Morgan fingerprint density at radius 1 is 1.42 bits per heavy atom. The van der Waals surface area contributed by atoms with Crippen molar-refractivity contribution in [3.05, 3.63) is 38.9 Å². The van der Waals surface area contributed by atoms with Crippen molar-refractivity contribution < 1.29 is 9.72 Å². The van der Waals surface area contributed by atoms with Crippen LogP contribution in [-0.4, -0.2) is 28.3 Å². The van der Waals surface area contributed by atoms with Gasteiger partial charge in [-0.15, -0.1) is 0 Å². The molecule has 1 amide bonds. The van der Waals surface area contributed by atoms with Gasteiger partial charge in [-0.3, -0.25) is 14.9 Å². The minimum Gasteiger partial charge on any atom is -0.335 e. The summed E-state index contributed by atoms with van der Waals surface area (Å²) in [5.74, 6) is 0.410. The van der Waals surface area contributed by atoms with Crippen LogP contribution in [0, 0.1) is 16.0 Å². The Bertz CT molecular complexity index is 561. The Hall–Kier alpha value is -1.62. The lowest BCUT2D eigenvalue weighted by Crippen LogP contribution is -2.37. The number of non-ortho nitro benzene ring substituents is 1. The SMILES string of the molecule is O=C(c1cc([N+](=O)[O-])ccc1Cl)N1CC2CCC1C2. The molecule has 1 heterocycles. The van der Waals surface area contributed by atoms with Crippen molar-refractivity contribution in [2.24, 2.45) is 5.92 Å². The topological polar surface area (TPSA) is 63.4 Å². The number of likely N-dealkylation sites (tertiary alicyclic amines) is 1. The number of piperidine rings is 1. The summed E-state index contributed by atoms with van der Waals surface area (Å²) in [4.78, 5) is 24.5. The summed E-state index contributed by atoms with van der Waals surface area (Å²) < 4.78 is 0. The molecule has 1 aliphatic carbocycles. The molecule has 0 spiro atoms. The van der Waals surface area contributed by atoms with E-state index >= 15 is 0 Å². The van der Waals surface area contributed by atoms with Gasteiger partial charge in [0.05, 0.1) is 15.5 Å². The van der Waals surface area contributed by atoms with Crippen LogP contribution in [-0.2, 0) is 0 Å². The number of nitro groups is 1. The maximum atomic E-state index is 12.5. The van der Waals surface area contributed by atoms with Crippen molar-refractivity contribution in [1.29, 1.82) is 0 Å². The maximum absolute atomic E-state index is 12.5. The molecule has 1 aromatic carbocycles. The Kier molecular flexibility index (Phi) is 2.93. The van der Waals surface area contributed by atoms with Crippen LogP contribution in [0.5, 0.6) is 0 Å². The first-order chi connectivity index (χ1) is 9.06. The van der Waals surface area contributed by atoms with Crippen LogP contribution in [0.4, 0.5) is 5.69 Å². The molecule has 1 saturated carbocycles. The van der Waals surface area contributed by atoms with Gasteiger partial charge < -0.3 is 4.90 Å². The quantitative estimate of drug-likeness (QED) is 0.618. The molecule has 0 N–H and O–H groups in total. The summed E-state index contributed by atoms with van der Waals surface area (Å²) in [6.07, 6.45) is 3.26. The third-order valence-electron chi connectivity index (χ3n) is 4.06. The highest BCUT2D eigenvalue weighted by molar-refractivity contribution is 6.34. The van der Waals surface area contributed by atoms with Gasteiger partial charge in [-0.05, 0) is 31.2 Å². The van der Waals surface area contributed by atoms with Crippen LogP contribution in [0.15, 0.2) is 18.2 Å². The normalized spacial score (nSPS) is 24.8. The van der Waals surface area contributed by atoms with Crippen LogP contribution >= 0.6 is 11.6 Å². The molecule has 2 bridgehead atoms. The molecular weight excluding hydrogens is 268 g/mol. The number of halogens is 1. The second kappa shape index (κ2) is 4.49. The molecule has 5 nitrogen and oxygen atoms in total. The molecular formula is C13H13ClN2O3. The monoisotopic (exact) mass is 280 g/mol. The van der Waals surface area contributed by atoms with E-state index in [1.807, 2.05) is 4.90 Å². The van der Waals surface area contributed by atoms with E-state index < -0.39 is 4.92 Å². The number of carbonyl (C=O) groups is 1. The minimum absolute atomic E-state index is 0.0999. The Morgan fingerprint density at radius 2 is 2.21 bits per heavy atom. The number of nitro benzene ring substituents is 1. The lowest BCUT2D eigenvalue weighted by molar-refractivity contribution is -0.384. The first-order valence-electron chi connectivity index (χ1n) is 6.31. The third kappa shape index (κ3) is 2.08. The summed E-state index contributed by atoms with van der Waals surface area (Å²) in [6.45, 7) is 0.753. The first kappa shape index (κ1) is 12.4. The van der Waals surface area contributed by atoms with Gasteiger partial charge in [0.25, 0.3) is 11.6 Å². The van der Waals surface area contributed by atoms with Gasteiger partial charge in [0.1, 0.15) is 0 Å². The van der Waals surface area contributed by atoms with Gasteiger partial charge >= 0.3 is 0 Å². The van der Waals surface area contributed by atoms with E-state index in [9.17, 15) is 14.9 Å². The number of carbonyl (C=O) groups excluding carboxylic acids is 1. The molecule has 2 atom stereocenters. The molecule has 0 aromatic heterocycles. The molecule has 0 radical (unpaired) electrons. The Labute approximate surface area is 115 Å². The third-order valence-corrected chi connectivity index (χ3v) is 4.39. The Morgan fingerprint density at radius 3 is 2.79 bits per heavy atom. The second-order valence-corrected chi connectivity index (χ2v) is 5.62. The van der Waals surface area contributed by atoms with Gasteiger partial charge in [0.15, 0.2) is 0 Å². The highest BCUT2D eigenvalue weighted by atomic mass is 35.5. The zero-order valence-corrected chi connectivity index (χ0v) is 11.0. The van der Waals surface area contributed by atoms with Crippen molar-refractivity contribution in [2.75, 3.05) is 6.54 Å². The van der Waals surface area contributed by atoms with Crippen molar-refractivity contribution in [2.45, 2.75) is 25.3 Å². The average Bonchev–Trinajstić information content (AvgIpc) is 3.00. The highest BCUT2D eigenvalue weighted by Crippen LogP contribution is 2.38. The van der Waals surface area contributed by atoms with Crippen molar-refractivity contribution in [1.82, 2.24) is 4.90 Å². The van der Waals surface area contributed by atoms with Crippen molar-refractivity contribution in [3.8, 4) is 0 Å². The van der Waals surface area contributed by atoms with Crippen LogP contribution in [0.1, 0.15) is 29.6 Å². The smallest absolute Gasteiger partial charge is 0.270 e. The summed E-state index contributed by atoms with van der Waals surface area (Å²) in [5.41, 5.74) is 0.139. The molecule has 1 aromatic rings. The van der Waals surface area contributed by atoms with E-state index in [0.29, 0.717) is 5.92 Å². The lowest BCUT2D eigenvalue weighted by Gasteiger charge is -2.27. The molecule has 1 aliphatic heterocycles. The summed E-state index contributed by atoms with van der Waals surface area (Å²) in [6, 6.07) is 4.29. The molecule has 1 saturated heterocycles. The van der Waals surface area contributed by atoms with Gasteiger partial charge in [-0.1, -0.05) is 11.6 Å². The van der Waals surface area contributed by atoms with Gasteiger partial charge in [0, 0.05) is 24.7 Å². The highest BCUT2D eigenvalue weighted by Gasteiger charge is 2.41. The van der Waals surface area contributed by atoms with E-state index in [1.165, 1.54) is 24.6 Å². The van der Waals surface area contributed by atoms with Gasteiger partial charge in [-0.25, -0.2) is 0 Å². The molecule has 6 heteroatoms.